The number of rotatable bonds is 7. The second-order valence-electron chi connectivity index (χ2n) is 8.17. The van der Waals surface area contributed by atoms with Gasteiger partial charge in [0.2, 0.25) is 10.0 Å². The highest BCUT2D eigenvalue weighted by Crippen LogP contribution is 2.45. The normalized spacial score (nSPS) is 17.0. The van der Waals surface area contributed by atoms with Crippen molar-refractivity contribution in [2.75, 3.05) is 26.2 Å². The third-order valence-corrected chi connectivity index (χ3v) is 7.27. The molecule has 0 radical (unpaired) electrons. The maximum atomic E-state index is 13.4. The number of aliphatic hydroxyl groups is 1. The van der Waals surface area contributed by atoms with Crippen LogP contribution in [0.15, 0.2) is 71.1 Å². The van der Waals surface area contributed by atoms with E-state index in [9.17, 15) is 23.1 Å². The predicted molar refractivity (Wildman–Crippen MR) is 140 cm³/mol. The van der Waals surface area contributed by atoms with Gasteiger partial charge in [0.25, 0.3) is 11.7 Å². The lowest BCUT2D eigenvalue weighted by Crippen LogP contribution is -2.29. The molecule has 0 aliphatic carbocycles. The molecule has 1 saturated heterocycles. The maximum Gasteiger partial charge on any atom is 0.300 e. The van der Waals surface area contributed by atoms with Gasteiger partial charge >= 0.3 is 0 Å². The number of Topliss-reactive ketones (excluding diaryl/α,β-unsaturated/α-hetero) is 1. The lowest BCUT2D eigenvalue weighted by Gasteiger charge is -2.26. The molecular formula is C26H23ClN2O8S. The third-order valence-electron chi connectivity index (χ3n) is 6.05. The quantitative estimate of drug-likeness (QED) is 0.254. The Morgan fingerprint density at radius 2 is 1.53 bits per heavy atom. The van der Waals surface area contributed by atoms with Gasteiger partial charge in [-0.05, 0) is 48.0 Å². The van der Waals surface area contributed by atoms with Gasteiger partial charge in [-0.25, -0.2) is 13.6 Å². The average molecular weight is 559 g/mol. The van der Waals surface area contributed by atoms with E-state index in [1.807, 2.05) is 0 Å². The number of ketones is 1. The summed E-state index contributed by atoms with van der Waals surface area (Å²) in [6, 6.07) is 13.5. The van der Waals surface area contributed by atoms with Gasteiger partial charge in [0.05, 0.1) is 48.4 Å². The highest BCUT2D eigenvalue weighted by molar-refractivity contribution is 7.89. The van der Waals surface area contributed by atoms with Gasteiger partial charge in [-0.2, -0.15) is 0 Å². The Labute approximate surface area is 223 Å². The van der Waals surface area contributed by atoms with E-state index >= 15 is 0 Å². The summed E-state index contributed by atoms with van der Waals surface area (Å²) in [6.45, 7) is 0. The van der Waals surface area contributed by atoms with Crippen LogP contribution in [0.5, 0.6) is 17.2 Å². The molecule has 38 heavy (non-hydrogen) atoms. The number of benzene rings is 3. The first-order valence-electron chi connectivity index (χ1n) is 11.0. The summed E-state index contributed by atoms with van der Waals surface area (Å²) in [4.78, 5) is 27.8. The molecule has 1 fully saturated rings. The highest BCUT2D eigenvalue weighted by atomic mass is 35.5. The van der Waals surface area contributed by atoms with Gasteiger partial charge in [0, 0.05) is 11.8 Å². The van der Waals surface area contributed by atoms with Gasteiger partial charge in [0.1, 0.15) is 23.0 Å². The summed E-state index contributed by atoms with van der Waals surface area (Å²) in [5, 5.41) is 16.9. The van der Waals surface area contributed by atoms with Crippen molar-refractivity contribution in [1.82, 2.24) is 0 Å². The van der Waals surface area contributed by atoms with E-state index in [1.54, 1.807) is 24.3 Å². The summed E-state index contributed by atoms with van der Waals surface area (Å²) in [6.07, 6.45) is 0. The van der Waals surface area contributed by atoms with Crippen LogP contribution in [0.25, 0.3) is 5.76 Å². The number of sulfonamides is 1. The van der Waals surface area contributed by atoms with Crippen LogP contribution < -0.4 is 24.2 Å². The van der Waals surface area contributed by atoms with E-state index in [2.05, 4.69) is 0 Å². The number of methoxy groups -OCH3 is 3. The standard InChI is InChI=1S/C26H23ClN2O8S/c1-35-16-8-4-14(5-9-16)23-22(24(30)18-12-21(37-3)19(27)13-20(18)36-2)25(31)26(32)29(23)15-6-10-17(11-7-15)38(28,33)34/h4-13,23,30H,1-3H3,(H2,28,33,34)/b24-22+. The van der Waals surface area contributed by atoms with Crippen LogP contribution in [0.3, 0.4) is 0 Å². The SMILES string of the molecule is COc1ccc(C2/C(=C(\O)c3cc(OC)c(Cl)cc3OC)C(=O)C(=O)N2c2ccc(S(N)(=O)=O)cc2)cc1. The van der Waals surface area contributed by atoms with E-state index in [1.165, 1.54) is 62.6 Å². The number of hydrogen-bond donors (Lipinski definition) is 2. The fourth-order valence-corrected chi connectivity index (χ4v) is 4.93. The highest BCUT2D eigenvalue weighted by Gasteiger charge is 2.47. The van der Waals surface area contributed by atoms with Crippen molar-refractivity contribution in [3.63, 3.8) is 0 Å². The van der Waals surface area contributed by atoms with Crippen molar-refractivity contribution >= 4 is 44.8 Å². The lowest BCUT2D eigenvalue weighted by atomic mass is 9.94. The summed E-state index contributed by atoms with van der Waals surface area (Å²) in [5.74, 6) is -1.52. The van der Waals surface area contributed by atoms with Crippen LogP contribution in [0.2, 0.25) is 5.02 Å². The molecule has 0 bridgehead atoms. The minimum atomic E-state index is -3.99. The molecule has 1 atom stereocenters. The van der Waals surface area contributed by atoms with Crippen molar-refractivity contribution in [3.8, 4) is 17.2 Å². The van der Waals surface area contributed by atoms with Gasteiger partial charge in [-0.15, -0.1) is 0 Å². The third kappa shape index (κ3) is 4.78. The van der Waals surface area contributed by atoms with Gasteiger partial charge < -0.3 is 19.3 Å². The lowest BCUT2D eigenvalue weighted by molar-refractivity contribution is -0.132. The number of carbonyl (C=O) groups excluding carboxylic acids is 2. The number of hydrogen-bond acceptors (Lipinski definition) is 8. The Morgan fingerprint density at radius 1 is 0.921 bits per heavy atom. The Morgan fingerprint density at radius 3 is 2.05 bits per heavy atom. The molecule has 1 unspecified atom stereocenters. The number of aliphatic hydroxyl groups excluding tert-OH is 1. The molecule has 1 aliphatic rings. The molecule has 1 heterocycles. The zero-order chi connectivity index (χ0) is 27.8. The number of halogens is 1. The molecule has 3 aromatic rings. The first-order chi connectivity index (χ1) is 18.0. The molecule has 198 valence electrons. The molecule has 10 nitrogen and oxygen atoms in total. The van der Waals surface area contributed by atoms with Gasteiger partial charge in [-0.1, -0.05) is 23.7 Å². The van der Waals surface area contributed by atoms with Crippen LogP contribution in [0.1, 0.15) is 17.2 Å². The zero-order valence-electron chi connectivity index (χ0n) is 20.5. The van der Waals surface area contributed by atoms with Crippen molar-refractivity contribution in [1.29, 1.82) is 0 Å². The van der Waals surface area contributed by atoms with E-state index in [4.69, 9.17) is 31.0 Å². The topological polar surface area (TPSA) is 145 Å². The molecule has 1 aliphatic heterocycles. The monoisotopic (exact) mass is 558 g/mol. The number of primary sulfonamides is 1. The molecule has 0 spiro atoms. The fraction of sp³-hybridized carbons (Fsp3) is 0.154. The molecular weight excluding hydrogens is 536 g/mol. The molecule has 1 amide bonds. The van der Waals surface area contributed by atoms with Crippen LogP contribution in [0.4, 0.5) is 5.69 Å². The molecule has 4 rings (SSSR count). The van der Waals surface area contributed by atoms with Crippen molar-refractivity contribution in [3.05, 3.63) is 82.4 Å². The van der Waals surface area contributed by atoms with Gasteiger partial charge in [0.15, 0.2) is 0 Å². The summed E-state index contributed by atoms with van der Waals surface area (Å²) < 4.78 is 39.3. The Bertz CT molecular complexity index is 1550. The van der Waals surface area contributed by atoms with E-state index < -0.39 is 33.5 Å². The van der Waals surface area contributed by atoms with Crippen LogP contribution in [-0.4, -0.2) is 46.5 Å². The van der Waals surface area contributed by atoms with Crippen LogP contribution >= 0.6 is 11.6 Å². The molecule has 3 N–H and O–H groups in total. The van der Waals surface area contributed by atoms with Crippen molar-refractivity contribution in [2.24, 2.45) is 5.14 Å². The number of carbonyl (C=O) groups is 2. The fourth-order valence-electron chi connectivity index (χ4n) is 4.19. The second kappa shape index (κ2) is 10.4. The van der Waals surface area contributed by atoms with Crippen molar-refractivity contribution in [2.45, 2.75) is 10.9 Å². The second-order valence-corrected chi connectivity index (χ2v) is 10.1. The number of anilines is 1. The van der Waals surface area contributed by atoms with E-state index in [0.717, 1.165) is 0 Å². The molecule has 0 aromatic heterocycles. The number of nitrogens with two attached hydrogens (primary N) is 1. The van der Waals surface area contributed by atoms with E-state index in [-0.39, 0.29) is 38.2 Å². The van der Waals surface area contributed by atoms with Crippen molar-refractivity contribution < 1.29 is 37.3 Å². The maximum absolute atomic E-state index is 13.4. The largest absolute Gasteiger partial charge is 0.507 e. The van der Waals surface area contributed by atoms with Gasteiger partial charge in [-0.3, -0.25) is 14.5 Å². The predicted octanol–water partition coefficient (Wildman–Crippen LogP) is 3.64. The van der Waals surface area contributed by atoms with Crippen LogP contribution in [-0.2, 0) is 19.6 Å². The Balaban J connectivity index is 1.97. The zero-order valence-corrected chi connectivity index (χ0v) is 22.0. The smallest absolute Gasteiger partial charge is 0.300 e. The molecule has 0 saturated carbocycles. The minimum absolute atomic E-state index is 0.0786. The summed E-state index contributed by atoms with van der Waals surface area (Å²) >= 11 is 6.20. The molecule has 12 heteroatoms. The first-order valence-corrected chi connectivity index (χ1v) is 12.9. The average Bonchev–Trinajstić information content (AvgIpc) is 3.17. The Kier molecular flexibility index (Phi) is 7.36. The van der Waals surface area contributed by atoms with Crippen LogP contribution in [0, 0.1) is 0 Å². The number of ether oxygens (including phenoxy) is 3. The number of amides is 1. The molecule has 3 aromatic carbocycles. The minimum Gasteiger partial charge on any atom is -0.507 e. The Hall–Kier alpha value is -4.06. The summed E-state index contributed by atoms with van der Waals surface area (Å²) in [7, 11) is 0.256. The summed E-state index contributed by atoms with van der Waals surface area (Å²) in [5.41, 5.74) is 0.537. The van der Waals surface area contributed by atoms with E-state index in [0.29, 0.717) is 11.3 Å². The number of nitrogens with zero attached hydrogens (tertiary/aromatic N) is 1. The first kappa shape index (κ1) is 27.0.